The Labute approximate surface area is 117 Å². The molecule has 0 aromatic carbocycles. The molecule has 1 saturated carbocycles. The normalized spacial score (nSPS) is 26.3. The minimum atomic E-state index is -0.993. The van der Waals surface area contributed by atoms with E-state index in [1.54, 1.807) is 6.07 Å². The van der Waals surface area contributed by atoms with E-state index in [1.165, 1.54) is 38.3 Å². The van der Waals surface area contributed by atoms with Crippen LogP contribution in [0.25, 0.3) is 0 Å². The highest BCUT2D eigenvalue weighted by atomic mass is 35.5. The van der Waals surface area contributed by atoms with Crippen LogP contribution in [0.2, 0.25) is 5.02 Å². The fourth-order valence-corrected chi connectivity index (χ4v) is 3.62. The molecule has 2 atom stereocenters. The van der Waals surface area contributed by atoms with Gasteiger partial charge in [0.1, 0.15) is 5.82 Å². The summed E-state index contributed by atoms with van der Waals surface area (Å²) in [5.74, 6) is 0.517. The van der Waals surface area contributed by atoms with Crippen molar-refractivity contribution in [3.63, 3.8) is 0 Å². The van der Waals surface area contributed by atoms with Gasteiger partial charge in [0.25, 0.3) is 0 Å². The van der Waals surface area contributed by atoms with Gasteiger partial charge >= 0.3 is 5.97 Å². The predicted octanol–water partition coefficient (Wildman–Crippen LogP) is 3.20. The fourth-order valence-electron chi connectivity index (χ4n) is 3.44. The largest absolute Gasteiger partial charge is 0.478 e. The van der Waals surface area contributed by atoms with Crippen molar-refractivity contribution in [3.05, 3.63) is 22.8 Å². The molecule has 2 fully saturated rings. The van der Waals surface area contributed by atoms with Gasteiger partial charge in [-0.1, -0.05) is 24.4 Å². The van der Waals surface area contributed by atoms with Crippen LogP contribution in [0, 0.1) is 5.92 Å². The minimum absolute atomic E-state index is 0.144. The number of pyridine rings is 1. The SMILES string of the molecule is O=C(O)c1cc(N2CCC3CCCCC32)ncc1Cl. The first-order valence-corrected chi connectivity index (χ1v) is 7.20. The molecule has 0 amide bonds. The number of hydrogen-bond acceptors (Lipinski definition) is 3. The second kappa shape index (κ2) is 5.00. The van der Waals surface area contributed by atoms with Gasteiger partial charge in [-0.15, -0.1) is 0 Å². The maximum absolute atomic E-state index is 11.1. The summed E-state index contributed by atoms with van der Waals surface area (Å²) >= 11 is 5.87. The number of carbonyl (C=O) groups is 1. The minimum Gasteiger partial charge on any atom is -0.478 e. The standard InChI is InChI=1S/C14H17ClN2O2/c15-11-8-16-13(7-10(11)14(18)19)17-6-5-9-3-1-2-4-12(9)17/h7-9,12H,1-6H2,(H,18,19). The van der Waals surface area contributed by atoms with E-state index in [0.717, 1.165) is 18.3 Å². The van der Waals surface area contributed by atoms with E-state index in [4.69, 9.17) is 16.7 Å². The molecular formula is C14H17ClN2O2. The number of anilines is 1. The number of hydrogen-bond donors (Lipinski definition) is 1. The molecule has 0 spiro atoms. The average molecular weight is 281 g/mol. The molecule has 1 aromatic rings. The zero-order valence-electron chi connectivity index (χ0n) is 10.7. The molecule has 5 heteroatoms. The molecule has 19 heavy (non-hydrogen) atoms. The third-order valence-electron chi connectivity index (χ3n) is 4.38. The summed E-state index contributed by atoms with van der Waals surface area (Å²) in [5, 5.41) is 9.34. The van der Waals surface area contributed by atoms with Gasteiger partial charge in [0.15, 0.2) is 0 Å². The van der Waals surface area contributed by atoms with Crippen LogP contribution in [0.4, 0.5) is 5.82 Å². The molecule has 1 aliphatic carbocycles. The molecule has 3 rings (SSSR count). The Balaban J connectivity index is 1.90. The number of fused-ring (bicyclic) bond motifs is 1. The average Bonchev–Trinajstić information content (AvgIpc) is 2.83. The molecule has 2 unspecified atom stereocenters. The van der Waals surface area contributed by atoms with Crippen molar-refractivity contribution in [1.82, 2.24) is 4.98 Å². The molecule has 2 aliphatic rings. The summed E-state index contributed by atoms with van der Waals surface area (Å²) < 4.78 is 0. The van der Waals surface area contributed by atoms with Gasteiger partial charge in [-0.05, 0) is 31.2 Å². The predicted molar refractivity (Wildman–Crippen MR) is 73.9 cm³/mol. The summed E-state index contributed by atoms with van der Waals surface area (Å²) in [4.78, 5) is 17.7. The van der Waals surface area contributed by atoms with Crippen molar-refractivity contribution in [3.8, 4) is 0 Å². The quantitative estimate of drug-likeness (QED) is 0.904. The molecule has 2 heterocycles. The van der Waals surface area contributed by atoms with Gasteiger partial charge in [0, 0.05) is 18.8 Å². The Morgan fingerprint density at radius 1 is 1.37 bits per heavy atom. The topological polar surface area (TPSA) is 53.4 Å². The first-order chi connectivity index (χ1) is 9.16. The van der Waals surface area contributed by atoms with E-state index in [9.17, 15) is 4.79 Å². The second-order valence-corrected chi connectivity index (χ2v) is 5.83. The number of halogens is 1. The monoisotopic (exact) mass is 280 g/mol. The van der Waals surface area contributed by atoms with Crippen LogP contribution in [0.1, 0.15) is 42.5 Å². The molecule has 0 bridgehead atoms. The highest BCUT2D eigenvalue weighted by molar-refractivity contribution is 6.33. The second-order valence-electron chi connectivity index (χ2n) is 5.42. The number of aromatic carboxylic acids is 1. The molecule has 1 saturated heterocycles. The lowest BCUT2D eigenvalue weighted by atomic mass is 9.85. The van der Waals surface area contributed by atoms with Crippen LogP contribution < -0.4 is 4.90 Å². The molecule has 1 aliphatic heterocycles. The molecule has 1 N–H and O–H groups in total. The van der Waals surface area contributed by atoms with Crippen molar-refractivity contribution in [2.24, 2.45) is 5.92 Å². The Hall–Kier alpha value is -1.29. The summed E-state index contributed by atoms with van der Waals surface area (Å²) in [6.45, 7) is 0.975. The van der Waals surface area contributed by atoms with E-state index >= 15 is 0 Å². The Bertz CT molecular complexity index is 506. The Kier molecular flexibility index (Phi) is 3.35. The van der Waals surface area contributed by atoms with Crippen LogP contribution in [0.15, 0.2) is 12.3 Å². The molecular weight excluding hydrogens is 264 g/mol. The first-order valence-electron chi connectivity index (χ1n) is 6.82. The summed E-state index contributed by atoms with van der Waals surface area (Å²) in [5.41, 5.74) is 0.144. The number of carboxylic acid groups (broad SMARTS) is 1. The third kappa shape index (κ3) is 2.29. The number of carboxylic acids is 1. The lowest BCUT2D eigenvalue weighted by molar-refractivity contribution is 0.0697. The van der Waals surface area contributed by atoms with Crippen molar-refractivity contribution in [2.45, 2.75) is 38.1 Å². The fraction of sp³-hybridized carbons (Fsp3) is 0.571. The number of nitrogens with zero attached hydrogens (tertiary/aromatic N) is 2. The van der Waals surface area contributed by atoms with Crippen LogP contribution in [-0.2, 0) is 0 Å². The van der Waals surface area contributed by atoms with Crippen LogP contribution >= 0.6 is 11.6 Å². The van der Waals surface area contributed by atoms with E-state index < -0.39 is 5.97 Å². The summed E-state index contributed by atoms with van der Waals surface area (Å²) in [7, 11) is 0. The van der Waals surface area contributed by atoms with Crippen LogP contribution in [0.5, 0.6) is 0 Å². The highest BCUT2D eigenvalue weighted by Gasteiger charge is 2.36. The Morgan fingerprint density at radius 3 is 2.95 bits per heavy atom. The van der Waals surface area contributed by atoms with Gasteiger partial charge < -0.3 is 10.0 Å². The van der Waals surface area contributed by atoms with Crippen molar-refractivity contribution in [2.75, 3.05) is 11.4 Å². The van der Waals surface area contributed by atoms with Gasteiger partial charge in [-0.25, -0.2) is 9.78 Å². The van der Waals surface area contributed by atoms with Gasteiger partial charge in [0.05, 0.1) is 10.6 Å². The zero-order valence-corrected chi connectivity index (χ0v) is 11.4. The lowest BCUT2D eigenvalue weighted by Gasteiger charge is -2.32. The van der Waals surface area contributed by atoms with Crippen molar-refractivity contribution < 1.29 is 9.90 Å². The Morgan fingerprint density at radius 2 is 2.16 bits per heavy atom. The van der Waals surface area contributed by atoms with E-state index in [2.05, 4.69) is 9.88 Å². The highest BCUT2D eigenvalue weighted by Crippen LogP contribution is 2.38. The lowest BCUT2D eigenvalue weighted by Crippen LogP contribution is -2.35. The third-order valence-corrected chi connectivity index (χ3v) is 4.68. The molecule has 4 nitrogen and oxygen atoms in total. The zero-order chi connectivity index (χ0) is 13.4. The van der Waals surface area contributed by atoms with Crippen LogP contribution in [-0.4, -0.2) is 28.6 Å². The summed E-state index contributed by atoms with van der Waals surface area (Å²) in [6, 6.07) is 2.14. The molecule has 102 valence electrons. The van der Waals surface area contributed by atoms with Gasteiger partial charge in [-0.3, -0.25) is 0 Å². The van der Waals surface area contributed by atoms with Crippen molar-refractivity contribution >= 4 is 23.4 Å². The maximum atomic E-state index is 11.1. The summed E-state index contributed by atoms with van der Waals surface area (Å²) in [6.07, 6.45) is 7.71. The molecule has 0 radical (unpaired) electrons. The maximum Gasteiger partial charge on any atom is 0.337 e. The van der Waals surface area contributed by atoms with Crippen molar-refractivity contribution in [1.29, 1.82) is 0 Å². The van der Waals surface area contributed by atoms with E-state index in [1.807, 2.05) is 0 Å². The first kappa shape index (κ1) is 12.7. The van der Waals surface area contributed by atoms with Gasteiger partial charge in [-0.2, -0.15) is 0 Å². The van der Waals surface area contributed by atoms with Gasteiger partial charge in [0.2, 0.25) is 0 Å². The smallest absolute Gasteiger partial charge is 0.337 e. The molecule has 1 aromatic heterocycles. The van der Waals surface area contributed by atoms with E-state index in [0.29, 0.717) is 6.04 Å². The number of rotatable bonds is 2. The van der Waals surface area contributed by atoms with Crippen LogP contribution in [0.3, 0.4) is 0 Å². The van der Waals surface area contributed by atoms with E-state index in [-0.39, 0.29) is 10.6 Å². The number of aromatic nitrogens is 1.